The Morgan fingerprint density at radius 2 is 1.48 bits per heavy atom. The van der Waals surface area contributed by atoms with Crippen molar-refractivity contribution in [3.8, 4) is 0 Å². The molecule has 1 saturated carbocycles. The van der Waals surface area contributed by atoms with E-state index in [0.29, 0.717) is 6.10 Å². The highest BCUT2D eigenvalue weighted by Crippen LogP contribution is 2.31. The molecule has 4 heteroatoms. The molecule has 1 aliphatic carbocycles. The number of rotatable bonds is 6. The highest BCUT2D eigenvalue weighted by Gasteiger charge is 2.31. The van der Waals surface area contributed by atoms with Crippen molar-refractivity contribution in [3.63, 3.8) is 0 Å². The summed E-state index contributed by atoms with van der Waals surface area (Å²) in [7, 11) is 0. The van der Waals surface area contributed by atoms with Gasteiger partial charge >= 0.3 is 0 Å². The van der Waals surface area contributed by atoms with Crippen LogP contribution in [0.1, 0.15) is 32.6 Å². The highest BCUT2D eigenvalue weighted by atomic mass is 16.5. The van der Waals surface area contributed by atoms with Crippen molar-refractivity contribution in [1.82, 2.24) is 15.1 Å². The van der Waals surface area contributed by atoms with Crippen molar-refractivity contribution < 1.29 is 4.74 Å². The number of piperazine rings is 1. The normalized spacial score (nSPS) is 33.0. The molecule has 0 aromatic rings. The Bertz CT molecular complexity index is 292. The minimum Gasteiger partial charge on any atom is -0.378 e. The molecule has 0 unspecified atom stereocenters. The van der Waals surface area contributed by atoms with Crippen LogP contribution < -0.4 is 5.32 Å². The monoisotopic (exact) mass is 295 g/mol. The number of ether oxygens (including phenoxy) is 1. The number of nitrogens with zero attached hydrogens (tertiary/aromatic N) is 2. The van der Waals surface area contributed by atoms with Gasteiger partial charge < -0.3 is 19.9 Å². The van der Waals surface area contributed by atoms with E-state index in [2.05, 4.69) is 22.0 Å². The van der Waals surface area contributed by atoms with Gasteiger partial charge in [0.15, 0.2) is 0 Å². The zero-order valence-corrected chi connectivity index (χ0v) is 13.7. The van der Waals surface area contributed by atoms with Crippen molar-refractivity contribution in [3.05, 3.63) is 0 Å². The topological polar surface area (TPSA) is 27.7 Å². The van der Waals surface area contributed by atoms with Gasteiger partial charge in [0.05, 0.1) is 6.10 Å². The van der Waals surface area contributed by atoms with Crippen LogP contribution >= 0.6 is 0 Å². The Labute approximate surface area is 130 Å². The van der Waals surface area contributed by atoms with Crippen molar-refractivity contribution in [1.29, 1.82) is 0 Å². The number of hydrogen-bond acceptors (Lipinski definition) is 4. The van der Waals surface area contributed by atoms with Crippen molar-refractivity contribution in [2.24, 2.45) is 11.8 Å². The van der Waals surface area contributed by atoms with Crippen LogP contribution in [-0.2, 0) is 4.74 Å². The number of hydrogen-bond donors (Lipinski definition) is 1. The fraction of sp³-hybridized carbons (Fsp3) is 1.00. The molecule has 2 heterocycles. The molecule has 0 radical (unpaired) electrons. The zero-order chi connectivity index (χ0) is 14.5. The van der Waals surface area contributed by atoms with Gasteiger partial charge in [0.25, 0.3) is 0 Å². The van der Waals surface area contributed by atoms with E-state index in [0.717, 1.165) is 18.4 Å². The largest absolute Gasteiger partial charge is 0.378 e. The maximum atomic E-state index is 5.67. The fourth-order valence-corrected chi connectivity index (χ4v) is 4.14. The summed E-state index contributed by atoms with van der Waals surface area (Å²) in [6, 6.07) is 0. The average molecular weight is 295 g/mol. The molecular formula is C17H33N3O. The molecule has 0 aromatic heterocycles. The Morgan fingerprint density at radius 3 is 2.05 bits per heavy atom. The van der Waals surface area contributed by atoms with E-state index in [9.17, 15) is 0 Å². The molecule has 1 N–H and O–H groups in total. The predicted molar refractivity (Wildman–Crippen MR) is 86.6 cm³/mol. The lowest BCUT2D eigenvalue weighted by Crippen LogP contribution is -2.51. The lowest BCUT2D eigenvalue weighted by Gasteiger charge is -2.42. The molecular weight excluding hydrogens is 262 g/mol. The summed E-state index contributed by atoms with van der Waals surface area (Å²) in [5.74, 6) is 1.84. The zero-order valence-electron chi connectivity index (χ0n) is 13.7. The number of nitrogens with one attached hydrogen (secondary N) is 1. The molecule has 2 aliphatic heterocycles. The Morgan fingerprint density at radius 1 is 0.905 bits per heavy atom. The average Bonchev–Trinajstić information content (AvgIpc) is 2.48. The molecule has 0 aromatic carbocycles. The number of piperidine rings is 1. The van der Waals surface area contributed by atoms with Crippen LogP contribution in [0, 0.1) is 11.8 Å². The first-order valence-corrected chi connectivity index (χ1v) is 9.10. The summed E-state index contributed by atoms with van der Waals surface area (Å²) >= 11 is 0. The Balaban J connectivity index is 1.28. The summed E-state index contributed by atoms with van der Waals surface area (Å²) in [5, 5.41) is 3.47. The molecule has 122 valence electrons. The third-order valence-electron chi connectivity index (χ3n) is 5.55. The van der Waals surface area contributed by atoms with Gasteiger partial charge in [-0.2, -0.15) is 0 Å². The van der Waals surface area contributed by atoms with E-state index in [-0.39, 0.29) is 0 Å². The molecule has 0 spiro atoms. The first-order valence-electron chi connectivity index (χ1n) is 9.10. The van der Waals surface area contributed by atoms with Gasteiger partial charge in [-0.1, -0.05) is 0 Å². The van der Waals surface area contributed by atoms with Gasteiger partial charge in [-0.15, -0.1) is 0 Å². The fourth-order valence-electron chi connectivity index (χ4n) is 4.14. The molecule has 0 amide bonds. The SMILES string of the molecule is CCOC1CC(CN2CCN(CC3CCNCC3)CC2)C1. The third-order valence-corrected chi connectivity index (χ3v) is 5.55. The molecule has 21 heavy (non-hydrogen) atoms. The molecule has 0 bridgehead atoms. The van der Waals surface area contributed by atoms with Crippen LogP contribution in [0.2, 0.25) is 0 Å². The summed E-state index contributed by atoms with van der Waals surface area (Å²) in [6.07, 6.45) is 5.91. The summed E-state index contributed by atoms with van der Waals surface area (Å²) < 4.78 is 5.67. The lowest BCUT2D eigenvalue weighted by molar-refractivity contribution is -0.0373. The molecule has 0 atom stereocenters. The molecule has 3 fully saturated rings. The Hall–Kier alpha value is -0.160. The van der Waals surface area contributed by atoms with Crippen molar-refractivity contribution in [2.45, 2.75) is 38.7 Å². The van der Waals surface area contributed by atoms with Crippen LogP contribution in [0.15, 0.2) is 0 Å². The summed E-state index contributed by atoms with van der Waals surface area (Å²) in [4.78, 5) is 5.39. The second-order valence-corrected chi connectivity index (χ2v) is 7.21. The van der Waals surface area contributed by atoms with Gasteiger partial charge in [0, 0.05) is 45.9 Å². The minimum absolute atomic E-state index is 0.571. The molecule has 3 aliphatic rings. The molecule has 3 rings (SSSR count). The minimum atomic E-state index is 0.571. The van der Waals surface area contributed by atoms with Gasteiger partial charge in [-0.05, 0) is 57.5 Å². The van der Waals surface area contributed by atoms with Gasteiger partial charge in [0.1, 0.15) is 0 Å². The van der Waals surface area contributed by atoms with Gasteiger partial charge in [-0.3, -0.25) is 0 Å². The van der Waals surface area contributed by atoms with E-state index in [1.165, 1.54) is 78.0 Å². The summed E-state index contributed by atoms with van der Waals surface area (Å²) in [5.41, 5.74) is 0. The second-order valence-electron chi connectivity index (χ2n) is 7.21. The smallest absolute Gasteiger partial charge is 0.0581 e. The van der Waals surface area contributed by atoms with Crippen molar-refractivity contribution >= 4 is 0 Å². The standard InChI is InChI=1S/C17H33N3O/c1-2-21-17-11-16(12-17)14-20-9-7-19(8-10-20)13-15-3-5-18-6-4-15/h15-18H,2-14H2,1H3. The third kappa shape index (κ3) is 4.65. The predicted octanol–water partition coefficient (Wildman–Crippen LogP) is 1.42. The van der Waals surface area contributed by atoms with Crippen LogP contribution in [0.4, 0.5) is 0 Å². The highest BCUT2D eigenvalue weighted by molar-refractivity contribution is 4.85. The second kappa shape index (κ2) is 7.91. The van der Waals surface area contributed by atoms with Crippen LogP contribution in [0.25, 0.3) is 0 Å². The Kier molecular flexibility index (Phi) is 5.92. The van der Waals surface area contributed by atoms with E-state index >= 15 is 0 Å². The van der Waals surface area contributed by atoms with Gasteiger partial charge in [-0.25, -0.2) is 0 Å². The van der Waals surface area contributed by atoms with Crippen LogP contribution in [0.3, 0.4) is 0 Å². The van der Waals surface area contributed by atoms with E-state index in [1.54, 1.807) is 0 Å². The van der Waals surface area contributed by atoms with E-state index < -0.39 is 0 Å². The lowest BCUT2D eigenvalue weighted by atomic mass is 9.82. The first kappa shape index (κ1) is 15.7. The molecule has 4 nitrogen and oxygen atoms in total. The van der Waals surface area contributed by atoms with E-state index in [1.807, 2.05) is 0 Å². The molecule has 2 saturated heterocycles. The van der Waals surface area contributed by atoms with E-state index in [4.69, 9.17) is 4.74 Å². The quantitative estimate of drug-likeness (QED) is 0.802. The van der Waals surface area contributed by atoms with Crippen molar-refractivity contribution in [2.75, 3.05) is 59.0 Å². The summed E-state index contributed by atoms with van der Waals surface area (Å²) in [6.45, 7) is 13.2. The maximum absolute atomic E-state index is 5.67. The maximum Gasteiger partial charge on any atom is 0.0581 e. The van der Waals surface area contributed by atoms with Crippen LogP contribution in [-0.4, -0.2) is 74.9 Å². The first-order chi connectivity index (χ1) is 10.3. The van der Waals surface area contributed by atoms with Crippen LogP contribution in [0.5, 0.6) is 0 Å². The van der Waals surface area contributed by atoms with Gasteiger partial charge in [0.2, 0.25) is 0 Å².